The fraction of sp³-hybridized carbons (Fsp3) is 0.800. The Morgan fingerprint density at radius 1 is 1.56 bits per heavy atom. The highest BCUT2D eigenvalue weighted by atomic mass is 32.2. The number of aliphatic hydroxyl groups is 2. The number of amidine groups is 1. The number of esters is 1. The molecule has 102 valence electrons. The molecule has 2 aliphatic heterocycles. The van der Waals surface area contributed by atoms with Crippen LogP contribution in [0.2, 0.25) is 0 Å². The number of hydrogen-bond acceptors (Lipinski definition) is 7. The Labute approximate surface area is 109 Å². The third-order valence-electron chi connectivity index (χ3n) is 2.90. The molecule has 8 heteroatoms. The molecule has 0 unspecified atom stereocenters. The molecular weight excluding hydrogens is 260 g/mol. The lowest BCUT2D eigenvalue weighted by Crippen LogP contribution is -2.86. The minimum absolute atomic E-state index is 0.453. The summed E-state index contributed by atoms with van der Waals surface area (Å²) in [6.07, 6.45) is -3.60. The van der Waals surface area contributed by atoms with Crippen molar-refractivity contribution >= 4 is 22.9 Å². The molecule has 2 heterocycles. The normalized spacial score (nSPS) is 39.1. The van der Waals surface area contributed by atoms with Crippen molar-refractivity contribution in [2.45, 2.75) is 36.7 Å². The van der Waals surface area contributed by atoms with E-state index in [1.165, 1.54) is 18.9 Å². The minimum Gasteiger partial charge on any atom is -0.467 e. The molecule has 5 atom stereocenters. The predicted octanol–water partition coefficient (Wildman–Crippen LogP) is -2.34. The van der Waals surface area contributed by atoms with Crippen LogP contribution in [0.5, 0.6) is 0 Å². The van der Waals surface area contributed by atoms with Crippen LogP contribution in [0, 0.1) is 0 Å². The van der Waals surface area contributed by atoms with E-state index in [-0.39, 0.29) is 0 Å². The van der Waals surface area contributed by atoms with Crippen molar-refractivity contribution in [3.05, 3.63) is 0 Å². The van der Waals surface area contributed by atoms with Gasteiger partial charge in [0.1, 0.15) is 23.7 Å². The van der Waals surface area contributed by atoms with Gasteiger partial charge in [-0.1, -0.05) is 0 Å². The van der Waals surface area contributed by atoms with Crippen molar-refractivity contribution in [1.82, 2.24) is 0 Å². The van der Waals surface area contributed by atoms with Gasteiger partial charge in [-0.25, -0.2) is 9.79 Å². The first-order valence-electron chi connectivity index (χ1n) is 5.75. The van der Waals surface area contributed by atoms with Crippen LogP contribution in [0.1, 0.15) is 6.92 Å². The van der Waals surface area contributed by atoms with Crippen molar-refractivity contribution in [1.29, 1.82) is 0 Å². The summed E-state index contributed by atoms with van der Waals surface area (Å²) in [5.74, 6) is -0.687. The highest BCUT2D eigenvalue weighted by Crippen LogP contribution is 2.35. The molecule has 0 aliphatic carbocycles. The van der Waals surface area contributed by atoms with E-state index in [1.54, 1.807) is 0 Å². The average Bonchev–Trinajstić information content (AvgIpc) is 2.76. The number of aliphatic hydroxyl groups excluding tert-OH is 2. The third-order valence-corrected chi connectivity index (χ3v) is 4.03. The Balaban J connectivity index is 2.11. The molecule has 2 aliphatic rings. The van der Waals surface area contributed by atoms with Crippen LogP contribution in [0.4, 0.5) is 0 Å². The van der Waals surface area contributed by atoms with E-state index in [0.717, 1.165) is 11.7 Å². The molecule has 0 radical (unpaired) electrons. The fourth-order valence-electron chi connectivity index (χ4n) is 1.97. The number of thioether (sulfide) groups is 1. The number of aliphatic imine (C=N–C) groups is 1. The van der Waals surface area contributed by atoms with Crippen LogP contribution in [-0.2, 0) is 14.3 Å². The standard InChI is InChI=1S/C10H16N2O5S/c1-3-11-10-12-4-5(13)6(14)7(8(15)16-2)17-9(4)18-10/h4-7,9,13-14H,3H2,1-2H3,(H,11,12)/p+1/t4-,5-,6+,7+,9-/m1/s1. The highest BCUT2D eigenvalue weighted by molar-refractivity contribution is 8.14. The number of nitrogens with two attached hydrogens (primary N) is 1. The smallest absolute Gasteiger partial charge is 0.337 e. The summed E-state index contributed by atoms with van der Waals surface area (Å²) in [6, 6.07) is -0.538. The number of carbonyl (C=O) groups is 1. The van der Waals surface area contributed by atoms with Crippen molar-refractivity contribution in [3.8, 4) is 0 Å². The van der Waals surface area contributed by atoms with E-state index in [0.29, 0.717) is 0 Å². The van der Waals surface area contributed by atoms with Crippen molar-refractivity contribution < 1.29 is 29.8 Å². The first-order chi connectivity index (χ1) is 8.58. The van der Waals surface area contributed by atoms with Crippen LogP contribution < -0.4 is 5.32 Å². The van der Waals surface area contributed by atoms with Gasteiger partial charge in [-0.05, 0) is 18.7 Å². The lowest BCUT2D eigenvalue weighted by atomic mass is 9.98. The Hall–Kier alpha value is -0.670. The molecule has 0 amide bonds. The second-order valence-electron chi connectivity index (χ2n) is 4.12. The zero-order valence-electron chi connectivity index (χ0n) is 10.1. The van der Waals surface area contributed by atoms with Crippen molar-refractivity contribution in [2.75, 3.05) is 13.7 Å². The van der Waals surface area contributed by atoms with Gasteiger partial charge in [0.2, 0.25) is 0 Å². The maximum absolute atomic E-state index is 11.4. The number of rotatable bonds is 2. The molecule has 7 nitrogen and oxygen atoms in total. The van der Waals surface area contributed by atoms with Crippen molar-refractivity contribution in [3.63, 3.8) is 0 Å². The zero-order valence-corrected chi connectivity index (χ0v) is 11.0. The van der Waals surface area contributed by atoms with Crippen molar-refractivity contribution in [2.24, 2.45) is 4.99 Å². The van der Waals surface area contributed by atoms with Crippen LogP contribution in [-0.4, -0.2) is 64.8 Å². The lowest BCUT2D eigenvalue weighted by molar-refractivity contribution is -0.530. The van der Waals surface area contributed by atoms with E-state index < -0.39 is 35.8 Å². The molecule has 1 fully saturated rings. The van der Waals surface area contributed by atoms with E-state index >= 15 is 0 Å². The largest absolute Gasteiger partial charge is 0.467 e. The van der Waals surface area contributed by atoms with Crippen LogP contribution in [0.3, 0.4) is 0 Å². The quantitative estimate of drug-likeness (QED) is 0.489. The zero-order chi connectivity index (χ0) is 13.3. The van der Waals surface area contributed by atoms with Gasteiger partial charge in [-0.2, -0.15) is 0 Å². The predicted molar refractivity (Wildman–Crippen MR) is 64.0 cm³/mol. The number of methoxy groups -OCH3 is 1. The summed E-state index contributed by atoms with van der Waals surface area (Å²) < 4.78 is 10.0. The molecule has 2 rings (SSSR count). The van der Waals surface area contributed by atoms with E-state index in [9.17, 15) is 15.0 Å². The summed E-state index contributed by atoms with van der Waals surface area (Å²) in [6.45, 7) is 2.80. The monoisotopic (exact) mass is 277 g/mol. The number of fused-ring (bicyclic) bond motifs is 1. The SMILES string of the molecule is CC[NH2+]C1=N[C@@H]2[C@@H](O)[C@H](O)[C@@H](C(=O)OC)O[C@@H]2S1. The summed E-state index contributed by atoms with van der Waals surface area (Å²) in [5, 5.41) is 22.5. The van der Waals surface area contributed by atoms with Crippen LogP contribution in [0.25, 0.3) is 0 Å². The van der Waals surface area contributed by atoms with Gasteiger partial charge in [-0.3, -0.25) is 5.32 Å². The summed E-state index contributed by atoms with van der Waals surface area (Å²) in [4.78, 5) is 15.7. The Bertz CT molecular complexity index is 364. The number of ether oxygens (including phenoxy) is 2. The van der Waals surface area contributed by atoms with Gasteiger partial charge in [0, 0.05) is 0 Å². The van der Waals surface area contributed by atoms with Gasteiger partial charge < -0.3 is 19.7 Å². The molecule has 1 saturated heterocycles. The topological polar surface area (TPSA) is 105 Å². The van der Waals surface area contributed by atoms with Gasteiger partial charge in [-0.15, -0.1) is 0 Å². The summed E-state index contributed by atoms with van der Waals surface area (Å²) in [7, 11) is 1.21. The number of nitrogens with zero attached hydrogens (tertiary/aromatic N) is 1. The second kappa shape index (κ2) is 5.54. The summed E-state index contributed by atoms with van der Waals surface area (Å²) in [5.41, 5.74) is -0.453. The fourth-order valence-corrected chi connectivity index (χ4v) is 3.19. The van der Waals surface area contributed by atoms with E-state index in [2.05, 4.69) is 9.73 Å². The molecule has 0 aromatic heterocycles. The average molecular weight is 277 g/mol. The third kappa shape index (κ3) is 2.39. The first kappa shape index (κ1) is 13.8. The van der Waals surface area contributed by atoms with Crippen LogP contribution >= 0.6 is 11.8 Å². The van der Waals surface area contributed by atoms with Gasteiger partial charge in [0.15, 0.2) is 6.10 Å². The number of hydrogen-bond donors (Lipinski definition) is 3. The molecule has 4 N–H and O–H groups in total. The van der Waals surface area contributed by atoms with E-state index in [1.807, 2.05) is 12.2 Å². The van der Waals surface area contributed by atoms with Gasteiger partial charge >= 0.3 is 5.97 Å². The molecule has 18 heavy (non-hydrogen) atoms. The molecule has 0 spiro atoms. The van der Waals surface area contributed by atoms with Gasteiger partial charge in [0.25, 0.3) is 5.17 Å². The molecule has 0 aromatic rings. The molecular formula is C10H17N2O5S+. The van der Waals surface area contributed by atoms with Crippen LogP contribution in [0.15, 0.2) is 4.99 Å². The Morgan fingerprint density at radius 2 is 2.28 bits per heavy atom. The second-order valence-corrected chi connectivity index (χ2v) is 5.24. The first-order valence-corrected chi connectivity index (χ1v) is 6.63. The Kier molecular flexibility index (Phi) is 4.23. The molecule has 0 aromatic carbocycles. The maximum Gasteiger partial charge on any atom is 0.337 e. The maximum atomic E-state index is 11.4. The molecule has 0 saturated carbocycles. The van der Waals surface area contributed by atoms with E-state index in [4.69, 9.17) is 4.74 Å². The summed E-state index contributed by atoms with van der Waals surface area (Å²) >= 11 is 1.35. The number of quaternary nitrogens is 1. The highest BCUT2D eigenvalue weighted by Gasteiger charge is 2.51. The van der Waals surface area contributed by atoms with Gasteiger partial charge in [0.05, 0.1) is 13.7 Å². The lowest BCUT2D eigenvalue weighted by Gasteiger charge is -2.36. The minimum atomic E-state index is -1.32. The molecule has 0 bridgehead atoms. The number of carbonyl (C=O) groups excluding carboxylic acids is 1. The Morgan fingerprint density at radius 3 is 2.89 bits per heavy atom.